The molecule has 0 spiro atoms. The number of halogens is 1. The van der Waals surface area contributed by atoms with Crippen molar-refractivity contribution in [2.24, 2.45) is 0 Å². The molecule has 1 N–H and O–H groups in total. The fraction of sp³-hybridized carbons (Fsp3) is 0.429. The second-order valence-electron chi connectivity index (χ2n) is 4.56. The number of hydrogen-bond acceptors (Lipinski definition) is 4. The Kier molecular flexibility index (Phi) is 5.48. The lowest BCUT2D eigenvalue weighted by Gasteiger charge is -2.17. The van der Waals surface area contributed by atoms with Gasteiger partial charge in [-0.15, -0.1) is 5.10 Å². The smallest absolute Gasteiger partial charge is 0.0772 e. The van der Waals surface area contributed by atoms with Crippen molar-refractivity contribution >= 4 is 27.5 Å². The molecule has 0 saturated heterocycles. The molecule has 5 heteroatoms. The molecule has 0 aliphatic heterocycles. The largest absolute Gasteiger partial charge is 0.309 e. The SMILES string of the molecule is CCCNC(Cc1cccc(Br)c1)c1snnc1C. The molecule has 3 nitrogen and oxygen atoms in total. The summed E-state index contributed by atoms with van der Waals surface area (Å²) in [6, 6.07) is 8.76. The molecule has 1 aromatic carbocycles. The second-order valence-corrected chi connectivity index (χ2v) is 6.26. The van der Waals surface area contributed by atoms with Gasteiger partial charge in [-0.3, -0.25) is 0 Å². The van der Waals surface area contributed by atoms with Crippen LogP contribution in [0.5, 0.6) is 0 Å². The number of benzene rings is 1. The van der Waals surface area contributed by atoms with Crippen LogP contribution in [0.1, 0.15) is 35.5 Å². The van der Waals surface area contributed by atoms with E-state index in [0.717, 1.165) is 29.6 Å². The Morgan fingerprint density at radius 2 is 2.26 bits per heavy atom. The van der Waals surface area contributed by atoms with Crippen LogP contribution in [-0.2, 0) is 6.42 Å². The Morgan fingerprint density at radius 1 is 1.42 bits per heavy atom. The Labute approximate surface area is 126 Å². The molecule has 102 valence electrons. The number of nitrogens with one attached hydrogen (secondary N) is 1. The first kappa shape index (κ1) is 14.6. The first-order valence-corrected chi connectivity index (χ1v) is 8.04. The highest BCUT2D eigenvalue weighted by atomic mass is 79.9. The second kappa shape index (κ2) is 7.12. The molecule has 0 amide bonds. The third-order valence-corrected chi connectivity index (χ3v) is 4.41. The molecule has 1 aromatic heterocycles. The minimum absolute atomic E-state index is 0.300. The number of aryl methyl sites for hydroxylation is 1. The summed E-state index contributed by atoms with van der Waals surface area (Å²) in [6.07, 6.45) is 2.09. The molecule has 0 saturated carbocycles. The Hall–Kier alpha value is -0.780. The van der Waals surface area contributed by atoms with Gasteiger partial charge in [-0.05, 0) is 55.5 Å². The summed E-state index contributed by atoms with van der Waals surface area (Å²) in [5, 5.41) is 7.72. The van der Waals surface area contributed by atoms with Crippen LogP contribution in [0.4, 0.5) is 0 Å². The van der Waals surface area contributed by atoms with E-state index in [1.807, 2.05) is 6.92 Å². The van der Waals surface area contributed by atoms with Crippen molar-refractivity contribution < 1.29 is 0 Å². The van der Waals surface area contributed by atoms with E-state index in [1.54, 1.807) is 0 Å². The van der Waals surface area contributed by atoms with Crippen molar-refractivity contribution in [1.82, 2.24) is 14.9 Å². The highest BCUT2D eigenvalue weighted by Crippen LogP contribution is 2.24. The van der Waals surface area contributed by atoms with Crippen LogP contribution in [0, 0.1) is 6.92 Å². The van der Waals surface area contributed by atoms with Crippen LogP contribution in [0.3, 0.4) is 0 Å². The van der Waals surface area contributed by atoms with E-state index in [2.05, 4.69) is 62.0 Å². The van der Waals surface area contributed by atoms with Crippen molar-refractivity contribution in [2.45, 2.75) is 32.7 Å². The van der Waals surface area contributed by atoms with Gasteiger partial charge in [0.1, 0.15) is 0 Å². The Balaban J connectivity index is 2.16. The van der Waals surface area contributed by atoms with E-state index >= 15 is 0 Å². The zero-order valence-electron chi connectivity index (χ0n) is 11.2. The maximum Gasteiger partial charge on any atom is 0.0772 e. The predicted octanol–water partition coefficient (Wildman–Crippen LogP) is 3.89. The monoisotopic (exact) mass is 339 g/mol. The van der Waals surface area contributed by atoms with E-state index in [0.29, 0.717) is 6.04 Å². The number of rotatable bonds is 6. The molecule has 0 aliphatic rings. The third kappa shape index (κ3) is 4.09. The maximum absolute atomic E-state index is 4.12. The van der Waals surface area contributed by atoms with Crippen molar-refractivity contribution in [3.63, 3.8) is 0 Å². The van der Waals surface area contributed by atoms with Crippen molar-refractivity contribution in [1.29, 1.82) is 0 Å². The number of nitrogens with zero attached hydrogens (tertiary/aromatic N) is 2. The van der Waals surface area contributed by atoms with Crippen molar-refractivity contribution in [3.8, 4) is 0 Å². The normalized spacial score (nSPS) is 12.6. The first-order valence-electron chi connectivity index (χ1n) is 6.47. The summed E-state index contributed by atoms with van der Waals surface area (Å²) >= 11 is 5.02. The lowest BCUT2D eigenvalue weighted by molar-refractivity contribution is 0.533. The number of hydrogen-bond donors (Lipinski definition) is 1. The molecule has 2 aromatic rings. The van der Waals surface area contributed by atoms with Gasteiger partial charge in [0, 0.05) is 10.5 Å². The van der Waals surface area contributed by atoms with Gasteiger partial charge in [0.25, 0.3) is 0 Å². The van der Waals surface area contributed by atoms with Crippen molar-refractivity contribution in [2.75, 3.05) is 6.54 Å². The summed E-state index contributed by atoms with van der Waals surface area (Å²) in [6.45, 7) is 5.22. The Morgan fingerprint density at radius 3 is 2.89 bits per heavy atom. The van der Waals surface area contributed by atoms with E-state index in [9.17, 15) is 0 Å². The maximum atomic E-state index is 4.12. The molecule has 1 heterocycles. The van der Waals surface area contributed by atoms with Crippen LogP contribution in [0.2, 0.25) is 0 Å². The minimum atomic E-state index is 0.300. The molecule has 1 unspecified atom stereocenters. The molecule has 0 bridgehead atoms. The van der Waals surface area contributed by atoms with E-state index in [4.69, 9.17) is 0 Å². The molecular weight excluding hydrogens is 322 g/mol. The molecular formula is C14H18BrN3S. The molecule has 0 fully saturated rings. The summed E-state index contributed by atoms with van der Waals surface area (Å²) in [4.78, 5) is 1.24. The van der Waals surface area contributed by atoms with Crippen LogP contribution < -0.4 is 5.32 Å². The summed E-state index contributed by atoms with van der Waals surface area (Å²) in [7, 11) is 0. The van der Waals surface area contributed by atoms with Gasteiger partial charge >= 0.3 is 0 Å². The Bertz CT molecular complexity index is 527. The summed E-state index contributed by atoms with van der Waals surface area (Å²) in [5.74, 6) is 0. The average Bonchev–Trinajstić information content (AvgIpc) is 2.81. The van der Waals surface area contributed by atoms with Gasteiger partial charge in [0.05, 0.1) is 10.6 Å². The van der Waals surface area contributed by atoms with Gasteiger partial charge in [-0.1, -0.05) is 39.5 Å². The fourth-order valence-corrected chi connectivity index (χ4v) is 3.20. The van der Waals surface area contributed by atoms with Crippen molar-refractivity contribution in [3.05, 3.63) is 44.9 Å². The lowest BCUT2D eigenvalue weighted by atomic mass is 10.0. The quantitative estimate of drug-likeness (QED) is 0.867. The van der Waals surface area contributed by atoms with Gasteiger partial charge in [-0.2, -0.15) is 0 Å². The van der Waals surface area contributed by atoms with E-state index in [1.165, 1.54) is 22.0 Å². The van der Waals surface area contributed by atoms with E-state index in [-0.39, 0.29) is 0 Å². The predicted molar refractivity (Wildman–Crippen MR) is 83.5 cm³/mol. The average molecular weight is 340 g/mol. The fourth-order valence-electron chi connectivity index (χ4n) is 2.03. The van der Waals surface area contributed by atoms with E-state index < -0.39 is 0 Å². The molecule has 19 heavy (non-hydrogen) atoms. The zero-order valence-corrected chi connectivity index (χ0v) is 13.6. The summed E-state index contributed by atoms with van der Waals surface area (Å²) < 4.78 is 5.18. The highest BCUT2D eigenvalue weighted by molar-refractivity contribution is 9.10. The van der Waals surface area contributed by atoms with Gasteiger partial charge < -0.3 is 5.32 Å². The van der Waals surface area contributed by atoms with Gasteiger partial charge in [-0.25, -0.2) is 0 Å². The van der Waals surface area contributed by atoms with Crippen LogP contribution in [0.15, 0.2) is 28.7 Å². The minimum Gasteiger partial charge on any atom is -0.309 e. The van der Waals surface area contributed by atoms with Gasteiger partial charge in [0.15, 0.2) is 0 Å². The standard InChI is InChI=1S/C14H18BrN3S/c1-3-7-16-13(14-10(2)17-18-19-14)9-11-5-4-6-12(15)8-11/h4-6,8,13,16H,3,7,9H2,1-2H3. The number of aromatic nitrogens is 2. The first-order chi connectivity index (χ1) is 9.20. The molecule has 0 aliphatic carbocycles. The van der Waals surface area contributed by atoms with Crippen LogP contribution >= 0.6 is 27.5 Å². The molecule has 1 atom stereocenters. The molecule has 2 rings (SSSR count). The topological polar surface area (TPSA) is 37.8 Å². The third-order valence-electron chi connectivity index (χ3n) is 2.97. The zero-order chi connectivity index (χ0) is 13.7. The highest BCUT2D eigenvalue weighted by Gasteiger charge is 2.17. The lowest BCUT2D eigenvalue weighted by Crippen LogP contribution is -2.24. The summed E-state index contributed by atoms with van der Waals surface area (Å²) in [5.41, 5.74) is 2.35. The van der Waals surface area contributed by atoms with Gasteiger partial charge in [0.2, 0.25) is 0 Å². The van der Waals surface area contributed by atoms with Crippen LogP contribution in [-0.4, -0.2) is 16.1 Å². The molecule has 0 radical (unpaired) electrons. The van der Waals surface area contributed by atoms with Crippen LogP contribution in [0.25, 0.3) is 0 Å².